The maximum atomic E-state index is 8.75. The van der Waals surface area contributed by atoms with Crippen LogP contribution >= 0.6 is 11.8 Å². The summed E-state index contributed by atoms with van der Waals surface area (Å²) >= 11 is 1.95. The molecule has 0 aliphatic carbocycles. The van der Waals surface area contributed by atoms with Gasteiger partial charge in [0.15, 0.2) is 0 Å². The maximum Gasteiger partial charge on any atom is 0.0431 e. The lowest BCUT2D eigenvalue weighted by Gasteiger charge is -2.34. The van der Waals surface area contributed by atoms with Gasteiger partial charge in [-0.1, -0.05) is 0 Å². The molecule has 0 aromatic rings. The molecule has 4 heteroatoms. The van der Waals surface area contributed by atoms with Crippen LogP contribution in [0.3, 0.4) is 0 Å². The molecule has 0 atom stereocenters. The van der Waals surface area contributed by atoms with Crippen molar-refractivity contribution in [3.8, 4) is 0 Å². The number of piperazine rings is 1. The summed E-state index contributed by atoms with van der Waals surface area (Å²) in [5, 5.41) is 8.75. The lowest BCUT2D eigenvalue weighted by molar-refractivity contribution is 0.127. The van der Waals surface area contributed by atoms with Gasteiger partial charge in [0.05, 0.1) is 0 Å². The van der Waals surface area contributed by atoms with Gasteiger partial charge >= 0.3 is 0 Å². The third-order valence-corrected chi connectivity index (χ3v) is 4.12. The summed E-state index contributed by atoms with van der Waals surface area (Å²) in [5.41, 5.74) is 0. The highest BCUT2D eigenvalue weighted by Gasteiger charge is 2.15. The van der Waals surface area contributed by atoms with E-state index in [2.05, 4.69) is 16.1 Å². The average molecular weight is 260 g/mol. The highest BCUT2D eigenvalue weighted by atomic mass is 32.2. The van der Waals surface area contributed by atoms with Crippen LogP contribution in [-0.2, 0) is 0 Å². The second kappa shape index (κ2) is 10.2. The van der Waals surface area contributed by atoms with Crippen molar-refractivity contribution in [1.82, 2.24) is 9.80 Å². The van der Waals surface area contributed by atoms with Crippen molar-refractivity contribution in [2.45, 2.75) is 25.7 Å². The van der Waals surface area contributed by atoms with Gasteiger partial charge in [-0.05, 0) is 50.8 Å². The molecule has 1 aliphatic heterocycles. The van der Waals surface area contributed by atoms with Crippen molar-refractivity contribution in [2.75, 3.05) is 57.9 Å². The molecule has 0 aromatic carbocycles. The summed E-state index contributed by atoms with van der Waals surface area (Å²) < 4.78 is 0. The largest absolute Gasteiger partial charge is 0.396 e. The third kappa shape index (κ3) is 7.29. The second-order valence-corrected chi connectivity index (χ2v) is 5.80. The van der Waals surface area contributed by atoms with Gasteiger partial charge in [-0.15, -0.1) is 0 Å². The van der Waals surface area contributed by atoms with Crippen molar-refractivity contribution in [2.24, 2.45) is 0 Å². The van der Waals surface area contributed by atoms with Crippen LogP contribution in [0, 0.1) is 0 Å². The van der Waals surface area contributed by atoms with Crippen LogP contribution in [0.5, 0.6) is 0 Å². The van der Waals surface area contributed by atoms with Crippen molar-refractivity contribution in [3.05, 3.63) is 0 Å². The van der Waals surface area contributed by atoms with Gasteiger partial charge in [0.25, 0.3) is 0 Å². The van der Waals surface area contributed by atoms with Gasteiger partial charge in [0.1, 0.15) is 0 Å². The number of hydrogen-bond acceptors (Lipinski definition) is 4. The summed E-state index contributed by atoms with van der Waals surface area (Å²) in [6.45, 7) is 7.69. The first-order chi connectivity index (χ1) is 8.36. The first-order valence-electron chi connectivity index (χ1n) is 6.91. The summed E-state index contributed by atoms with van der Waals surface area (Å²) in [6.07, 6.45) is 6.99. The van der Waals surface area contributed by atoms with Gasteiger partial charge in [-0.25, -0.2) is 0 Å². The van der Waals surface area contributed by atoms with Crippen molar-refractivity contribution in [3.63, 3.8) is 0 Å². The van der Waals surface area contributed by atoms with Gasteiger partial charge < -0.3 is 14.9 Å². The Kier molecular flexibility index (Phi) is 9.16. The van der Waals surface area contributed by atoms with E-state index in [1.54, 1.807) is 0 Å². The molecule has 0 spiro atoms. The fourth-order valence-electron chi connectivity index (χ4n) is 2.27. The lowest BCUT2D eigenvalue weighted by Crippen LogP contribution is -2.46. The minimum absolute atomic E-state index is 0.343. The Morgan fingerprint density at radius 3 is 1.88 bits per heavy atom. The monoisotopic (exact) mass is 260 g/mol. The molecule has 1 saturated heterocycles. The molecular weight excluding hydrogens is 232 g/mol. The summed E-state index contributed by atoms with van der Waals surface area (Å²) in [5.74, 6) is 1.31. The fraction of sp³-hybridized carbons (Fsp3) is 1.00. The lowest BCUT2D eigenvalue weighted by atomic mass is 10.2. The normalized spacial score (nSPS) is 18.7. The van der Waals surface area contributed by atoms with E-state index >= 15 is 0 Å². The number of rotatable bonds is 9. The van der Waals surface area contributed by atoms with Gasteiger partial charge in [0, 0.05) is 32.8 Å². The zero-order chi connectivity index (χ0) is 12.3. The average Bonchev–Trinajstić information content (AvgIpc) is 2.37. The topological polar surface area (TPSA) is 26.7 Å². The molecular formula is C13H28N2OS. The molecule has 1 heterocycles. The Balaban J connectivity index is 1.97. The van der Waals surface area contributed by atoms with Crippen LogP contribution in [0.25, 0.3) is 0 Å². The number of hydrogen-bond donors (Lipinski definition) is 1. The summed E-state index contributed by atoms with van der Waals surface area (Å²) in [6, 6.07) is 0. The number of aliphatic hydroxyl groups excluding tert-OH is 1. The summed E-state index contributed by atoms with van der Waals surface area (Å²) in [7, 11) is 0. The van der Waals surface area contributed by atoms with Crippen molar-refractivity contribution in [1.29, 1.82) is 0 Å². The van der Waals surface area contributed by atoms with Crippen LogP contribution in [0.15, 0.2) is 0 Å². The number of thioether (sulfide) groups is 1. The van der Waals surface area contributed by atoms with Crippen LogP contribution in [0.4, 0.5) is 0 Å². The molecule has 0 amide bonds. The van der Waals surface area contributed by atoms with E-state index in [9.17, 15) is 0 Å². The Morgan fingerprint density at radius 2 is 1.41 bits per heavy atom. The molecule has 3 nitrogen and oxygen atoms in total. The van der Waals surface area contributed by atoms with E-state index in [4.69, 9.17) is 5.11 Å². The fourth-order valence-corrected chi connectivity index (χ4v) is 2.76. The molecule has 1 fully saturated rings. The minimum atomic E-state index is 0.343. The maximum absolute atomic E-state index is 8.75. The Bertz CT molecular complexity index is 173. The molecule has 0 saturated carbocycles. The Hall–Kier alpha value is 0.230. The first kappa shape index (κ1) is 15.3. The molecule has 1 aliphatic rings. The van der Waals surface area contributed by atoms with E-state index < -0.39 is 0 Å². The number of aliphatic hydroxyl groups is 1. The van der Waals surface area contributed by atoms with Crippen LogP contribution in [0.1, 0.15) is 25.7 Å². The predicted molar refractivity (Wildman–Crippen MR) is 76.8 cm³/mol. The standard InChI is InChI=1S/C13H28N2OS/c1-17-13-5-3-7-15-10-8-14(9-11-15)6-2-4-12-16/h16H,2-13H2,1H3. The minimum Gasteiger partial charge on any atom is -0.396 e. The highest BCUT2D eigenvalue weighted by Crippen LogP contribution is 2.06. The van der Waals surface area contributed by atoms with E-state index in [0.717, 1.165) is 12.8 Å². The molecule has 0 bridgehead atoms. The van der Waals surface area contributed by atoms with Crippen LogP contribution < -0.4 is 0 Å². The SMILES string of the molecule is CSCCCCN1CCN(CCCCO)CC1. The van der Waals surface area contributed by atoms with Gasteiger partial charge in [-0.2, -0.15) is 11.8 Å². The molecule has 102 valence electrons. The Labute approximate surface area is 111 Å². The Morgan fingerprint density at radius 1 is 0.882 bits per heavy atom. The molecule has 0 radical (unpaired) electrons. The first-order valence-corrected chi connectivity index (χ1v) is 8.30. The second-order valence-electron chi connectivity index (χ2n) is 4.81. The number of unbranched alkanes of at least 4 members (excludes halogenated alkanes) is 2. The molecule has 0 unspecified atom stereocenters. The third-order valence-electron chi connectivity index (χ3n) is 3.42. The van der Waals surface area contributed by atoms with E-state index in [0.29, 0.717) is 6.61 Å². The molecule has 0 aromatic heterocycles. The molecule has 1 N–H and O–H groups in total. The predicted octanol–water partition coefficient (Wildman–Crippen LogP) is 1.52. The van der Waals surface area contributed by atoms with Crippen molar-refractivity contribution >= 4 is 11.8 Å². The number of nitrogens with zero attached hydrogens (tertiary/aromatic N) is 2. The zero-order valence-electron chi connectivity index (χ0n) is 11.2. The van der Waals surface area contributed by atoms with Crippen LogP contribution in [-0.4, -0.2) is 72.8 Å². The zero-order valence-corrected chi connectivity index (χ0v) is 12.1. The summed E-state index contributed by atoms with van der Waals surface area (Å²) in [4.78, 5) is 5.14. The van der Waals surface area contributed by atoms with Gasteiger partial charge in [-0.3, -0.25) is 0 Å². The van der Waals surface area contributed by atoms with E-state index in [1.165, 1.54) is 57.9 Å². The van der Waals surface area contributed by atoms with Gasteiger partial charge in [0.2, 0.25) is 0 Å². The van der Waals surface area contributed by atoms with E-state index in [1.807, 2.05) is 11.8 Å². The molecule has 17 heavy (non-hydrogen) atoms. The van der Waals surface area contributed by atoms with E-state index in [-0.39, 0.29) is 0 Å². The smallest absolute Gasteiger partial charge is 0.0431 e. The molecule has 1 rings (SSSR count). The van der Waals surface area contributed by atoms with Crippen molar-refractivity contribution < 1.29 is 5.11 Å². The quantitative estimate of drug-likeness (QED) is 0.636. The van der Waals surface area contributed by atoms with Crippen LogP contribution in [0.2, 0.25) is 0 Å². The highest BCUT2D eigenvalue weighted by molar-refractivity contribution is 7.98.